The van der Waals surface area contributed by atoms with Crippen LogP contribution in [-0.2, 0) is 26.6 Å². The molecule has 40 valence electrons. The van der Waals surface area contributed by atoms with Crippen molar-refractivity contribution in [1.29, 1.82) is 0 Å². The van der Waals surface area contributed by atoms with Gasteiger partial charge in [0.05, 0.1) is 0 Å². The van der Waals surface area contributed by atoms with E-state index in [1.54, 1.807) is 0 Å². The average Bonchev–Trinajstić information content (AvgIpc) is 1.76. The third-order valence-corrected chi connectivity index (χ3v) is 0.789. The van der Waals surface area contributed by atoms with Crippen molar-refractivity contribution in [2.24, 2.45) is 5.73 Å². The molecule has 1 atom stereocenters. The summed E-state index contributed by atoms with van der Waals surface area (Å²) in [5.41, 5.74) is 11.4. The largest absolute Gasteiger partial charge is 1.00 e. The standard InChI is InChI=1S/CH3N2OS.Au/c2-1(3)4-5-1;/h2H,3H2;/q-1;+1. The van der Waals surface area contributed by atoms with Crippen LogP contribution >= 0.6 is 12.0 Å². The maximum Gasteiger partial charge on any atom is 1.00 e. The number of rotatable bonds is 0. The van der Waals surface area contributed by atoms with Crippen molar-refractivity contribution >= 4 is 12.0 Å². The molecule has 0 amide bonds. The molecule has 0 aliphatic carbocycles. The molecule has 0 saturated carbocycles. The average molecular weight is 288 g/mol. The predicted octanol–water partition coefficient (Wildman–Crippen LogP) is 0.285. The summed E-state index contributed by atoms with van der Waals surface area (Å²) in [6, 6.07) is 0. The minimum atomic E-state index is -1.08. The monoisotopic (exact) mass is 288 g/mol. The second-order valence-electron chi connectivity index (χ2n) is 0.834. The van der Waals surface area contributed by atoms with Gasteiger partial charge in [-0.2, -0.15) is 0 Å². The van der Waals surface area contributed by atoms with E-state index in [0.29, 0.717) is 0 Å². The van der Waals surface area contributed by atoms with E-state index < -0.39 is 5.18 Å². The first-order valence-corrected chi connectivity index (χ1v) is 1.86. The van der Waals surface area contributed by atoms with Gasteiger partial charge < -0.3 is 15.7 Å². The first-order chi connectivity index (χ1) is 2.21. The van der Waals surface area contributed by atoms with Crippen molar-refractivity contribution in [2.45, 2.75) is 5.18 Å². The molecule has 0 radical (unpaired) electrons. The minimum Gasteiger partial charge on any atom is -0.623 e. The topological polar surface area (TPSA) is 62.4 Å². The molecule has 1 fully saturated rings. The van der Waals surface area contributed by atoms with Gasteiger partial charge in [-0.1, -0.05) is 0 Å². The zero-order chi connectivity index (χ0) is 3.91. The molecule has 6 heavy (non-hydrogen) atoms. The molecule has 0 spiro atoms. The van der Waals surface area contributed by atoms with Crippen LogP contribution in [0.1, 0.15) is 0 Å². The summed E-state index contributed by atoms with van der Waals surface area (Å²) < 4.78 is 4.26. The van der Waals surface area contributed by atoms with Crippen LogP contribution in [-0.4, -0.2) is 5.18 Å². The Balaban J connectivity index is 0.000000250. The van der Waals surface area contributed by atoms with Gasteiger partial charge in [-0.15, -0.1) is 0 Å². The molecule has 0 bridgehead atoms. The zero-order valence-corrected chi connectivity index (χ0v) is 5.68. The molecule has 1 rings (SSSR count). The fourth-order valence-corrected chi connectivity index (χ4v) is 0.135. The van der Waals surface area contributed by atoms with E-state index in [4.69, 9.17) is 11.5 Å². The van der Waals surface area contributed by atoms with Crippen molar-refractivity contribution in [3.05, 3.63) is 5.73 Å². The van der Waals surface area contributed by atoms with Gasteiger partial charge in [0.15, 0.2) is 0 Å². The van der Waals surface area contributed by atoms with E-state index in [1.807, 2.05) is 0 Å². The van der Waals surface area contributed by atoms with E-state index >= 15 is 0 Å². The molecule has 3 N–H and O–H groups in total. The van der Waals surface area contributed by atoms with Gasteiger partial charge in [0.2, 0.25) is 0 Å². The Morgan fingerprint density at radius 2 is 2.00 bits per heavy atom. The van der Waals surface area contributed by atoms with Gasteiger partial charge in [-0.05, 0) is 0 Å². The van der Waals surface area contributed by atoms with Gasteiger partial charge in [-0.3, -0.25) is 0 Å². The van der Waals surface area contributed by atoms with Crippen LogP contribution in [0.3, 0.4) is 0 Å². The van der Waals surface area contributed by atoms with Crippen molar-refractivity contribution in [1.82, 2.24) is 0 Å². The van der Waals surface area contributed by atoms with Gasteiger partial charge >= 0.3 is 22.4 Å². The predicted molar refractivity (Wildman–Crippen MR) is 19.9 cm³/mol. The van der Waals surface area contributed by atoms with Crippen molar-refractivity contribution < 1.29 is 26.6 Å². The van der Waals surface area contributed by atoms with E-state index in [-0.39, 0.29) is 22.4 Å². The Bertz CT molecular complexity index is 51.5. The third-order valence-electron chi connectivity index (χ3n) is 0.263. The maximum absolute atomic E-state index is 6.57. The molecule has 1 heterocycles. The molecule has 3 nitrogen and oxygen atoms in total. The zero-order valence-electron chi connectivity index (χ0n) is 2.70. The fraction of sp³-hybridized carbons (Fsp3) is 1.00. The normalized spacial score (nSPS) is 41.0. The van der Waals surface area contributed by atoms with E-state index in [1.165, 1.54) is 0 Å². The maximum atomic E-state index is 6.57. The third kappa shape index (κ3) is 2.20. The van der Waals surface area contributed by atoms with E-state index in [2.05, 4.69) is 4.18 Å². The molecular weight excluding hydrogens is 285 g/mol. The number of nitrogens with one attached hydrogen (secondary N) is 1. The Morgan fingerprint density at radius 1 is 1.83 bits per heavy atom. The Hall–Kier alpha value is 0.970. The van der Waals surface area contributed by atoms with E-state index in [0.717, 1.165) is 12.0 Å². The summed E-state index contributed by atoms with van der Waals surface area (Å²) in [5, 5.41) is -1.08. The van der Waals surface area contributed by atoms with Gasteiger partial charge in [-0.25, -0.2) is 0 Å². The van der Waals surface area contributed by atoms with Crippen LogP contribution in [0, 0.1) is 0 Å². The molecule has 0 aromatic carbocycles. The molecular formula is CH3AuN2OS. The molecule has 1 aliphatic heterocycles. The van der Waals surface area contributed by atoms with Crippen molar-refractivity contribution in [3.8, 4) is 0 Å². The molecule has 5 heteroatoms. The van der Waals surface area contributed by atoms with Crippen LogP contribution in [0.5, 0.6) is 0 Å². The molecule has 0 aromatic heterocycles. The van der Waals surface area contributed by atoms with Crippen LogP contribution < -0.4 is 5.73 Å². The first kappa shape index (κ1) is 6.97. The quantitative estimate of drug-likeness (QED) is 0.396. The van der Waals surface area contributed by atoms with Gasteiger partial charge in [0, 0.05) is 12.0 Å². The minimum absolute atomic E-state index is 0. The van der Waals surface area contributed by atoms with Crippen LogP contribution in [0.2, 0.25) is 0 Å². The van der Waals surface area contributed by atoms with E-state index in [9.17, 15) is 0 Å². The van der Waals surface area contributed by atoms with Crippen LogP contribution in [0.4, 0.5) is 0 Å². The summed E-state index contributed by atoms with van der Waals surface area (Å²) in [4.78, 5) is 0. The van der Waals surface area contributed by atoms with Crippen molar-refractivity contribution in [3.63, 3.8) is 0 Å². The van der Waals surface area contributed by atoms with Crippen LogP contribution in [0.15, 0.2) is 0 Å². The second kappa shape index (κ2) is 1.83. The smallest absolute Gasteiger partial charge is 0.623 e. The summed E-state index contributed by atoms with van der Waals surface area (Å²) in [5.74, 6) is 0. The Labute approximate surface area is 55.5 Å². The summed E-state index contributed by atoms with van der Waals surface area (Å²) >= 11 is 0.970. The Morgan fingerprint density at radius 3 is 2.00 bits per heavy atom. The fourth-order valence-electron chi connectivity index (χ4n) is 0.0449. The van der Waals surface area contributed by atoms with Crippen LogP contribution in [0.25, 0.3) is 5.73 Å². The molecule has 1 unspecified atom stereocenters. The molecule has 0 aromatic rings. The summed E-state index contributed by atoms with van der Waals surface area (Å²) in [6.45, 7) is 0. The van der Waals surface area contributed by atoms with Crippen molar-refractivity contribution in [2.75, 3.05) is 0 Å². The van der Waals surface area contributed by atoms with Gasteiger partial charge in [0.1, 0.15) is 5.18 Å². The first-order valence-electron chi connectivity index (χ1n) is 1.11. The molecule has 1 saturated heterocycles. The molecule has 1 aliphatic rings. The summed E-state index contributed by atoms with van der Waals surface area (Å²) in [7, 11) is 0. The second-order valence-corrected chi connectivity index (χ2v) is 1.77. The SMILES string of the molecule is [Au+].[NH-]C1(N)OS1. The number of hydrogen-bond donors (Lipinski definition) is 1. The Kier molecular flexibility index (Phi) is 2.13. The summed E-state index contributed by atoms with van der Waals surface area (Å²) in [6.07, 6.45) is 0. The number of hydrogen-bond acceptors (Lipinski definition) is 3. The van der Waals surface area contributed by atoms with Gasteiger partial charge in [0.25, 0.3) is 0 Å². The number of nitrogens with two attached hydrogens (primary N) is 1.